The fourth-order valence-corrected chi connectivity index (χ4v) is 3.19. The summed E-state index contributed by atoms with van der Waals surface area (Å²) in [7, 11) is 0. The van der Waals surface area contributed by atoms with E-state index in [9.17, 15) is 4.79 Å². The Kier molecular flexibility index (Phi) is 6.94. The van der Waals surface area contributed by atoms with Crippen LogP contribution in [0.5, 0.6) is 0 Å². The Morgan fingerprint density at radius 3 is 2.57 bits per heavy atom. The summed E-state index contributed by atoms with van der Waals surface area (Å²) in [5.74, 6) is 0.0674. The van der Waals surface area contributed by atoms with Crippen molar-refractivity contribution in [3.05, 3.63) is 35.9 Å². The van der Waals surface area contributed by atoms with Crippen molar-refractivity contribution in [2.45, 2.75) is 24.9 Å². The number of rotatable bonds is 2. The Hall–Kier alpha value is -0.810. The van der Waals surface area contributed by atoms with Crippen LogP contribution >= 0.6 is 24.8 Å². The van der Waals surface area contributed by atoms with E-state index in [2.05, 4.69) is 4.90 Å². The number of hydrogen-bond donors (Lipinski definition) is 1. The molecule has 0 aromatic heterocycles. The SMILES string of the molecule is Cl.Cl.NC(C(=O)N1CCN2CCCC2C1)c1ccccc1. The number of halogens is 2. The molecule has 3 rings (SSSR count). The van der Waals surface area contributed by atoms with E-state index in [4.69, 9.17) is 5.73 Å². The summed E-state index contributed by atoms with van der Waals surface area (Å²) >= 11 is 0. The predicted octanol–water partition coefficient (Wildman–Crippen LogP) is 1.84. The highest BCUT2D eigenvalue weighted by molar-refractivity contribution is 5.85. The fraction of sp³-hybridized carbons (Fsp3) is 0.533. The lowest BCUT2D eigenvalue weighted by Gasteiger charge is -2.38. The van der Waals surface area contributed by atoms with Crippen molar-refractivity contribution >= 4 is 30.7 Å². The van der Waals surface area contributed by atoms with Gasteiger partial charge in [-0.1, -0.05) is 30.3 Å². The van der Waals surface area contributed by atoms with Gasteiger partial charge in [0.2, 0.25) is 5.91 Å². The molecule has 1 amide bonds. The first-order valence-electron chi connectivity index (χ1n) is 7.09. The maximum absolute atomic E-state index is 12.5. The maximum Gasteiger partial charge on any atom is 0.244 e. The Labute approximate surface area is 138 Å². The van der Waals surface area contributed by atoms with Crippen molar-refractivity contribution in [2.24, 2.45) is 5.73 Å². The van der Waals surface area contributed by atoms with Gasteiger partial charge in [0.05, 0.1) is 0 Å². The van der Waals surface area contributed by atoms with Crippen molar-refractivity contribution in [2.75, 3.05) is 26.2 Å². The number of nitrogens with two attached hydrogens (primary N) is 1. The van der Waals surface area contributed by atoms with Gasteiger partial charge in [-0.25, -0.2) is 0 Å². The van der Waals surface area contributed by atoms with Crippen molar-refractivity contribution in [3.63, 3.8) is 0 Å². The zero-order valence-corrected chi connectivity index (χ0v) is 13.6. The van der Waals surface area contributed by atoms with Crippen LogP contribution in [-0.2, 0) is 4.79 Å². The number of piperazine rings is 1. The third kappa shape index (κ3) is 3.89. The number of benzene rings is 1. The Bertz CT molecular complexity index is 457. The number of amides is 1. The van der Waals surface area contributed by atoms with Gasteiger partial charge in [-0.3, -0.25) is 9.69 Å². The minimum atomic E-state index is -0.519. The standard InChI is InChI=1S/C15H21N3O.2ClH/c16-14(12-5-2-1-3-6-12)15(19)18-10-9-17-8-4-7-13(17)11-18;;/h1-3,5-6,13-14H,4,7-11,16H2;2*1H. The Balaban J connectivity index is 0.00000110. The van der Waals surface area contributed by atoms with Gasteiger partial charge in [-0.15, -0.1) is 24.8 Å². The van der Waals surface area contributed by atoms with Crippen LogP contribution in [0.4, 0.5) is 0 Å². The van der Waals surface area contributed by atoms with Crippen LogP contribution in [0.15, 0.2) is 30.3 Å². The van der Waals surface area contributed by atoms with E-state index in [1.165, 1.54) is 19.4 Å². The highest BCUT2D eigenvalue weighted by Crippen LogP contribution is 2.23. The molecule has 0 radical (unpaired) electrons. The van der Waals surface area contributed by atoms with E-state index in [1.807, 2.05) is 35.2 Å². The summed E-state index contributed by atoms with van der Waals surface area (Å²) < 4.78 is 0. The predicted molar refractivity (Wildman–Crippen MR) is 89.0 cm³/mol. The first-order valence-corrected chi connectivity index (χ1v) is 7.09. The normalized spacial score (nSPS) is 22.7. The second-order valence-corrected chi connectivity index (χ2v) is 5.50. The zero-order valence-electron chi connectivity index (χ0n) is 12.0. The lowest BCUT2D eigenvalue weighted by molar-refractivity contribution is -0.135. The number of fused-ring (bicyclic) bond motifs is 1. The molecule has 1 aromatic rings. The first kappa shape index (κ1) is 18.2. The quantitative estimate of drug-likeness (QED) is 0.899. The second kappa shape index (κ2) is 7.99. The van der Waals surface area contributed by atoms with Gasteiger partial charge >= 0.3 is 0 Å². The van der Waals surface area contributed by atoms with Gasteiger partial charge in [0.1, 0.15) is 6.04 Å². The van der Waals surface area contributed by atoms with E-state index in [0.29, 0.717) is 6.04 Å². The van der Waals surface area contributed by atoms with Crippen LogP contribution in [0.2, 0.25) is 0 Å². The largest absolute Gasteiger partial charge is 0.338 e. The van der Waals surface area contributed by atoms with E-state index in [1.54, 1.807) is 0 Å². The van der Waals surface area contributed by atoms with Crippen LogP contribution in [0.1, 0.15) is 24.4 Å². The topological polar surface area (TPSA) is 49.6 Å². The third-order valence-electron chi connectivity index (χ3n) is 4.32. The van der Waals surface area contributed by atoms with Crippen molar-refractivity contribution in [1.29, 1.82) is 0 Å². The summed E-state index contributed by atoms with van der Waals surface area (Å²) in [5.41, 5.74) is 7.01. The van der Waals surface area contributed by atoms with Crippen molar-refractivity contribution in [1.82, 2.24) is 9.80 Å². The lowest BCUT2D eigenvalue weighted by atomic mass is 10.1. The molecule has 2 saturated heterocycles. The fourth-order valence-electron chi connectivity index (χ4n) is 3.19. The zero-order chi connectivity index (χ0) is 13.2. The molecule has 2 heterocycles. The molecule has 6 heteroatoms. The molecule has 1 aromatic carbocycles. The van der Waals surface area contributed by atoms with Gasteiger partial charge in [-0.05, 0) is 24.9 Å². The molecule has 4 nitrogen and oxygen atoms in total. The van der Waals surface area contributed by atoms with Crippen molar-refractivity contribution < 1.29 is 4.79 Å². The monoisotopic (exact) mass is 331 g/mol. The van der Waals surface area contributed by atoms with Gasteiger partial charge in [0.15, 0.2) is 0 Å². The summed E-state index contributed by atoms with van der Waals surface area (Å²) in [4.78, 5) is 16.9. The van der Waals surface area contributed by atoms with Crippen LogP contribution in [0, 0.1) is 0 Å². The molecule has 2 fully saturated rings. The minimum absolute atomic E-state index is 0. The summed E-state index contributed by atoms with van der Waals surface area (Å²) in [6, 6.07) is 9.69. The maximum atomic E-state index is 12.5. The highest BCUT2D eigenvalue weighted by Gasteiger charge is 2.34. The molecule has 21 heavy (non-hydrogen) atoms. The molecule has 2 aliphatic rings. The van der Waals surface area contributed by atoms with E-state index in [0.717, 1.165) is 25.2 Å². The summed E-state index contributed by atoms with van der Waals surface area (Å²) in [5, 5.41) is 0. The molecule has 118 valence electrons. The van der Waals surface area contributed by atoms with Crippen molar-refractivity contribution in [3.8, 4) is 0 Å². The molecule has 2 atom stereocenters. The van der Waals surface area contributed by atoms with Gasteiger partial charge in [-0.2, -0.15) is 0 Å². The second-order valence-electron chi connectivity index (χ2n) is 5.50. The van der Waals surface area contributed by atoms with Crippen LogP contribution in [-0.4, -0.2) is 47.9 Å². The Morgan fingerprint density at radius 2 is 1.86 bits per heavy atom. The van der Waals surface area contributed by atoms with Crippen LogP contribution < -0.4 is 5.73 Å². The molecule has 0 bridgehead atoms. The van der Waals surface area contributed by atoms with E-state index in [-0.39, 0.29) is 30.7 Å². The average Bonchev–Trinajstić information content (AvgIpc) is 2.94. The Morgan fingerprint density at radius 1 is 1.14 bits per heavy atom. The molecule has 2 aliphatic heterocycles. The van der Waals surface area contributed by atoms with E-state index < -0.39 is 6.04 Å². The average molecular weight is 332 g/mol. The third-order valence-corrected chi connectivity index (χ3v) is 4.32. The first-order chi connectivity index (χ1) is 9.25. The van der Waals surface area contributed by atoms with E-state index >= 15 is 0 Å². The number of nitrogens with zero attached hydrogens (tertiary/aromatic N) is 2. The van der Waals surface area contributed by atoms with Gasteiger partial charge in [0, 0.05) is 25.7 Å². The molecule has 0 spiro atoms. The van der Waals surface area contributed by atoms with Gasteiger partial charge in [0.25, 0.3) is 0 Å². The summed E-state index contributed by atoms with van der Waals surface area (Å²) in [6.07, 6.45) is 2.47. The molecule has 0 saturated carbocycles. The van der Waals surface area contributed by atoms with Crippen LogP contribution in [0.3, 0.4) is 0 Å². The lowest BCUT2D eigenvalue weighted by Crippen LogP contribution is -2.53. The molecule has 0 aliphatic carbocycles. The number of hydrogen-bond acceptors (Lipinski definition) is 3. The summed E-state index contributed by atoms with van der Waals surface area (Å²) in [6.45, 7) is 3.85. The highest BCUT2D eigenvalue weighted by atomic mass is 35.5. The number of carbonyl (C=O) groups is 1. The van der Waals surface area contributed by atoms with Gasteiger partial charge < -0.3 is 10.6 Å². The number of carbonyl (C=O) groups excluding carboxylic acids is 1. The molecular formula is C15H23Cl2N3O. The molecule has 2 unspecified atom stereocenters. The smallest absolute Gasteiger partial charge is 0.244 e. The van der Waals surface area contributed by atoms with Crippen LogP contribution in [0.25, 0.3) is 0 Å². The molecule has 2 N–H and O–H groups in total. The minimum Gasteiger partial charge on any atom is -0.338 e. The molecular weight excluding hydrogens is 309 g/mol.